The highest BCUT2D eigenvalue weighted by atomic mass is 79.9. The third kappa shape index (κ3) is 4.93. The number of anilines is 1. The molecule has 0 unspecified atom stereocenters. The van der Waals surface area contributed by atoms with Gasteiger partial charge in [-0.3, -0.25) is 9.59 Å². The third-order valence-corrected chi connectivity index (χ3v) is 3.85. The van der Waals surface area contributed by atoms with Gasteiger partial charge in [0.15, 0.2) is 0 Å². The van der Waals surface area contributed by atoms with Crippen molar-refractivity contribution in [2.75, 3.05) is 11.9 Å². The van der Waals surface area contributed by atoms with E-state index in [1.54, 1.807) is 12.1 Å². The summed E-state index contributed by atoms with van der Waals surface area (Å²) >= 11 is 3.38. The number of hydrogen-bond acceptors (Lipinski definition) is 2. The summed E-state index contributed by atoms with van der Waals surface area (Å²) in [6.45, 7) is 5.72. The predicted molar refractivity (Wildman–Crippen MR) is 95.8 cm³/mol. The average Bonchev–Trinajstić information content (AvgIpc) is 2.46. The van der Waals surface area contributed by atoms with Gasteiger partial charge in [-0.15, -0.1) is 0 Å². The Morgan fingerprint density at radius 2 is 1.65 bits per heavy atom. The van der Waals surface area contributed by atoms with Crippen LogP contribution in [0.3, 0.4) is 0 Å². The average molecular weight is 375 g/mol. The van der Waals surface area contributed by atoms with Crippen LogP contribution in [0.25, 0.3) is 0 Å². The van der Waals surface area contributed by atoms with Crippen LogP contribution in [-0.4, -0.2) is 18.4 Å². The van der Waals surface area contributed by atoms with Gasteiger partial charge in [0, 0.05) is 15.7 Å². The molecule has 120 valence electrons. The minimum Gasteiger partial charge on any atom is -0.343 e. The molecule has 0 atom stereocenters. The number of hydrogen-bond donors (Lipinski definition) is 2. The zero-order chi connectivity index (χ0) is 17.0. The topological polar surface area (TPSA) is 58.2 Å². The number of rotatable bonds is 4. The molecule has 0 aromatic heterocycles. The van der Waals surface area contributed by atoms with Gasteiger partial charge in [0.2, 0.25) is 5.91 Å². The van der Waals surface area contributed by atoms with E-state index in [9.17, 15) is 9.59 Å². The predicted octanol–water partition coefficient (Wildman–Crippen LogP) is 3.74. The number of halogens is 1. The van der Waals surface area contributed by atoms with Gasteiger partial charge in [0.05, 0.1) is 6.54 Å². The molecule has 2 rings (SSSR count). The van der Waals surface area contributed by atoms with Gasteiger partial charge >= 0.3 is 0 Å². The molecule has 0 aliphatic carbocycles. The number of aryl methyl sites for hydroxylation is 3. The van der Waals surface area contributed by atoms with Crippen molar-refractivity contribution in [3.05, 3.63) is 63.1 Å². The van der Waals surface area contributed by atoms with Crippen molar-refractivity contribution in [2.24, 2.45) is 0 Å². The molecule has 0 saturated heterocycles. The maximum atomic E-state index is 12.1. The molecule has 0 radical (unpaired) electrons. The number of amides is 2. The van der Waals surface area contributed by atoms with Gasteiger partial charge in [-0.2, -0.15) is 0 Å². The molecule has 2 amide bonds. The van der Waals surface area contributed by atoms with E-state index in [1.807, 2.05) is 45.0 Å². The normalized spacial score (nSPS) is 10.3. The molecule has 0 bridgehead atoms. The van der Waals surface area contributed by atoms with E-state index in [2.05, 4.69) is 26.6 Å². The Bertz CT molecular complexity index is 736. The Labute approximate surface area is 144 Å². The van der Waals surface area contributed by atoms with Gasteiger partial charge in [0.1, 0.15) is 0 Å². The first-order valence-corrected chi connectivity index (χ1v) is 8.07. The highest BCUT2D eigenvalue weighted by molar-refractivity contribution is 9.10. The maximum absolute atomic E-state index is 12.1. The SMILES string of the molecule is Cc1cc(C)cc(C(=O)NCC(=O)Nc2ccc(Br)cc2C)c1. The Hall–Kier alpha value is -2.14. The van der Waals surface area contributed by atoms with Crippen LogP contribution < -0.4 is 10.6 Å². The molecule has 0 aliphatic heterocycles. The largest absolute Gasteiger partial charge is 0.343 e. The van der Waals surface area contributed by atoms with Crippen molar-refractivity contribution in [1.29, 1.82) is 0 Å². The molecular formula is C18H19BrN2O2. The monoisotopic (exact) mass is 374 g/mol. The van der Waals surface area contributed by atoms with Crippen LogP contribution in [0.15, 0.2) is 40.9 Å². The quantitative estimate of drug-likeness (QED) is 0.855. The van der Waals surface area contributed by atoms with E-state index in [0.29, 0.717) is 5.56 Å². The first kappa shape index (κ1) is 17.2. The molecule has 2 N–H and O–H groups in total. The van der Waals surface area contributed by atoms with Crippen LogP contribution in [0, 0.1) is 20.8 Å². The van der Waals surface area contributed by atoms with Crippen molar-refractivity contribution in [2.45, 2.75) is 20.8 Å². The van der Waals surface area contributed by atoms with Gasteiger partial charge < -0.3 is 10.6 Å². The molecule has 5 heteroatoms. The zero-order valence-corrected chi connectivity index (χ0v) is 15.0. The van der Waals surface area contributed by atoms with E-state index in [1.165, 1.54) is 0 Å². The van der Waals surface area contributed by atoms with E-state index < -0.39 is 0 Å². The lowest BCUT2D eigenvalue weighted by molar-refractivity contribution is -0.115. The fourth-order valence-corrected chi connectivity index (χ4v) is 2.81. The second-order valence-corrected chi connectivity index (χ2v) is 6.48. The summed E-state index contributed by atoms with van der Waals surface area (Å²) in [5.74, 6) is -0.507. The molecule has 2 aromatic rings. The van der Waals surface area contributed by atoms with Crippen LogP contribution in [-0.2, 0) is 4.79 Å². The lowest BCUT2D eigenvalue weighted by atomic mass is 10.1. The standard InChI is InChI=1S/C18H19BrN2O2/c1-11-6-12(2)8-14(7-11)18(23)20-10-17(22)21-16-5-4-15(19)9-13(16)3/h4-9H,10H2,1-3H3,(H,20,23)(H,21,22). The highest BCUT2D eigenvalue weighted by Gasteiger charge is 2.10. The number of benzene rings is 2. The fourth-order valence-electron chi connectivity index (χ4n) is 2.33. The first-order chi connectivity index (χ1) is 10.8. The Balaban J connectivity index is 1.94. The molecule has 0 fully saturated rings. The Morgan fingerprint density at radius 1 is 1.00 bits per heavy atom. The van der Waals surface area contributed by atoms with E-state index in [4.69, 9.17) is 0 Å². The van der Waals surface area contributed by atoms with Gasteiger partial charge in [-0.1, -0.05) is 33.1 Å². The van der Waals surface area contributed by atoms with Crippen LogP contribution in [0.1, 0.15) is 27.0 Å². The second kappa shape index (κ2) is 7.42. The molecule has 0 heterocycles. The maximum Gasteiger partial charge on any atom is 0.251 e. The smallest absolute Gasteiger partial charge is 0.251 e. The van der Waals surface area contributed by atoms with Crippen LogP contribution in [0.5, 0.6) is 0 Å². The molecule has 2 aromatic carbocycles. The zero-order valence-electron chi connectivity index (χ0n) is 13.4. The fraction of sp³-hybridized carbons (Fsp3) is 0.222. The lowest BCUT2D eigenvalue weighted by Crippen LogP contribution is -2.33. The highest BCUT2D eigenvalue weighted by Crippen LogP contribution is 2.19. The number of nitrogens with one attached hydrogen (secondary N) is 2. The van der Waals surface area contributed by atoms with Crippen molar-refractivity contribution in [3.8, 4) is 0 Å². The summed E-state index contributed by atoms with van der Waals surface area (Å²) in [5.41, 5.74) is 4.29. The Morgan fingerprint density at radius 3 is 2.26 bits per heavy atom. The molecule has 23 heavy (non-hydrogen) atoms. The van der Waals surface area contributed by atoms with Crippen molar-refractivity contribution < 1.29 is 9.59 Å². The molecule has 0 spiro atoms. The third-order valence-electron chi connectivity index (χ3n) is 3.36. The van der Waals surface area contributed by atoms with E-state index in [-0.39, 0.29) is 18.4 Å². The summed E-state index contributed by atoms with van der Waals surface area (Å²) in [6.07, 6.45) is 0. The minimum absolute atomic E-state index is 0.0681. The van der Waals surface area contributed by atoms with Crippen molar-refractivity contribution in [3.63, 3.8) is 0 Å². The van der Waals surface area contributed by atoms with Crippen molar-refractivity contribution >= 4 is 33.4 Å². The Kier molecular flexibility index (Phi) is 5.55. The minimum atomic E-state index is -0.256. The lowest BCUT2D eigenvalue weighted by Gasteiger charge is -2.10. The summed E-state index contributed by atoms with van der Waals surface area (Å²) in [4.78, 5) is 24.1. The number of carbonyl (C=O) groups is 2. The van der Waals surface area contributed by atoms with Gasteiger partial charge in [-0.25, -0.2) is 0 Å². The van der Waals surface area contributed by atoms with Crippen LogP contribution in [0.4, 0.5) is 5.69 Å². The number of carbonyl (C=O) groups excluding carboxylic acids is 2. The molecule has 0 aliphatic rings. The molecule has 4 nitrogen and oxygen atoms in total. The summed E-state index contributed by atoms with van der Waals surface area (Å²) in [5, 5.41) is 5.44. The second-order valence-electron chi connectivity index (χ2n) is 5.57. The molecular weight excluding hydrogens is 356 g/mol. The van der Waals surface area contributed by atoms with E-state index >= 15 is 0 Å². The van der Waals surface area contributed by atoms with Gasteiger partial charge in [-0.05, 0) is 56.7 Å². The van der Waals surface area contributed by atoms with E-state index in [0.717, 1.165) is 26.9 Å². The van der Waals surface area contributed by atoms with Crippen LogP contribution >= 0.6 is 15.9 Å². The van der Waals surface area contributed by atoms with Crippen LogP contribution in [0.2, 0.25) is 0 Å². The van der Waals surface area contributed by atoms with Gasteiger partial charge in [0.25, 0.3) is 5.91 Å². The first-order valence-electron chi connectivity index (χ1n) is 7.27. The van der Waals surface area contributed by atoms with Crippen molar-refractivity contribution in [1.82, 2.24) is 5.32 Å². The summed E-state index contributed by atoms with van der Waals surface area (Å²) < 4.78 is 0.955. The summed E-state index contributed by atoms with van der Waals surface area (Å²) in [7, 11) is 0. The molecule has 0 saturated carbocycles. The summed E-state index contributed by atoms with van der Waals surface area (Å²) in [6, 6.07) is 11.2.